The highest BCUT2D eigenvalue weighted by Crippen LogP contribution is 2.73. The molecule has 5 aliphatic carbocycles. The molecule has 13 atom stereocenters. The topological polar surface area (TPSA) is 96.4 Å². The summed E-state index contributed by atoms with van der Waals surface area (Å²) in [5, 5.41) is 22.7. The highest BCUT2D eigenvalue weighted by Gasteiger charge is 2.78. The van der Waals surface area contributed by atoms with Gasteiger partial charge in [0.15, 0.2) is 11.4 Å². The van der Waals surface area contributed by atoms with E-state index in [1.165, 1.54) is 0 Å². The molecule has 0 spiro atoms. The molecule has 0 amide bonds. The van der Waals surface area contributed by atoms with Crippen molar-refractivity contribution in [1.82, 2.24) is 0 Å². The van der Waals surface area contributed by atoms with E-state index in [9.17, 15) is 19.8 Å². The number of ketones is 1. The maximum Gasteiger partial charge on any atom is 0.338 e. The van der Waals surface area contributed by atoms with Crippen molar-refractivity contribution in [3.8, 4) is 0 Å². The zero-order chi connectivity index (χ0) is 24.1. The van der Waals surface area contributed by atoms with Gasteiger partial charge in [-0.05, 0) is 99.9 Å². The number of allylic oxidation sites excluding steroid dienone is 1. The Morgan fingerprint density at radius 2 is 1.71 bits per heavy atom. The van der Waals surface area contributed by atoms with Crippen molar-refractivity contribution in [2.24, 2.45) is 45.8 Å². The minimum absolute atomic E-state index is 0.0460. The maximum atomic E-state index is 13.3. The van der Waals surface area contributed by atoms with Crippen LogP contribution in [0.2, 0.25) is 0 Å². The second kappa shape index (κ2) is 6.18. The molecule has 7 rings (SSSR count). The Hall–Kier alpha value is -1.24. The van der Waals surface area contributed by atoms with Gasteiger partial charge in [0, 0.05) is 5.41 Å². The minimum atomic E-state index is -1.43. The molecule has 2 heterocycles. The van der Waals surface area contributed by atoms with Crippen LogP contribution < -0.4 is 0 Å². The van der Waals surface area contributed by atoms with Crippen LogP contribution >= 0.6 is 0 Å². The molecule has 6 nitrogen and oxygen atoms in total. The highest BCUT2D eigenvalue weighted by molar-refractivity contribution is 5.97. The van der Waals surface area contributed by atoms with E-state index in [-0.39, 0.29) is 47.3 Å². The molecule has 6 fully saturated rings. The number of epoxide rings is 1. The van der Waals surface area contributed by atoms with E-state index >= 15 is 0 Å². The van der Waals surface area contributed by atoms with Crippen molar-refractivity contribution < 1.29 is 29.3 Å². The monoisotopic (exact) mass is 470 g/mol. The normalized spacial score (nSPS) is 63.5. The number of carbonyl (C=O) groups excluding carboxylic acids is 2. The summed E-state index contributed by atoms with van der Waals surface area (Å²) in [6.45, 7) is 8.12. The molecule has 2 N–H and O–H groups in total. The fraction of sp³-hybridized carbons (Fsp3) is 0.857. The summed E-state index contributed by atoms with van der Waals surface area (Å²) in [6, 6.07) is 0. The standard InChI is InChI=1S/C28H38O6/c1-24-12-14(18(13-24)33-23(30)27(24,4)31)15-7-8-16-20-17(9-11-25(15,16)2)26(3)19(29)6-5-10-28(26,32)22-21(20)34-22/h5-6,14-18,20-22,31-32H,7-13H2,1-4H3. The van der Waals surface area contributed by atoms with Crippen molar-refractivity contribution in [3.05, 3.63) is 12.2 Å². The van der Waals surface area contributed by atoms with Gasteiger partial charge in [0.05, 0.1) is 11.5 Å². The van der Waals surface area contributed by atoms with Crippen LogP contribution in [0.5, 0.6) is 0 Å². The van der Waals surface area contributed by atoms with E-state index in [0.29, 0.717) is 18.3 Å². The van der Waals surface area contributed by atoms with Gasteiger partial charge in [-0.15, -0.1) is 0 Å². The molecular formula is C28H38O6. The molecule has 0 aromatic heterocycles. The number of hydrogen-bond donors (Lipinski definition) is 2. The lowest BCUT2D eigenvalue weighted by atomic mass is 9.43. The van der Waals surface area contributed by atoms with Crippen LogP contribution in [0.4, 0.5) is 0 Å². The Morgan fingerprint density at radius 3 is 2.47 bits per heavy atom. The predicted octanol–water partition coefficient (Wildman–Crippen LogP) is 3.19. The van der Waals surface area contributed by atoms with Crippen LogP contribution in [0.15, 0.2) is 12.2 Å². The average Bonchev–Trinajstić information content (AvgIpc) is 3.41. The Labute approximate surface area is 201 Å². The Kier molecular flexibility index (Phi) is 3.99. The largest absolute Gasteiger partial charge is 0.460 e. The van der Waals surface area contributed by atoms with Crippen LogP contribution in [0.1, 0.15) is 72.6 Å². The fourth-order valence-electron chi connectivity index (χ4n) is 10.5. The van der Waals surface area contributed by atoms with E-state index in [1.54, 1.807) is 13.0 Å². The molecule has 186 valence electrons. The van der Waals surface area contributed by atoms with Crippen LogP contribution in [0, 0.1) is 45.8 Å². The van der Waals surface area contributed by atoms with Crippen molar-refractivity contribution in [3.63, 3.8) is 0 Å². The molecule has 0 aromatic rings. The third-order valence-corrected chi connectivity index (χ3v) is 12.8. The molecule has 0 aromatic carbocycles. The predicted molar refractivity (Wildman–Crippen MR) is 122 cm³/mol. The van der Waals surface area contributed by atoms with Gasteiger partial charge >= 0.3 is 5.97 Å². The number of fused-ring (bicyclic) bond motifs is 10. The van der Waals surface area contributed by atoms with Crippen LogP contribution in [0.25, 0.3) is 0 Å². The smallest absolute Gasteiger partial charge is 0.338 e. The molecule has 2 aliphatic heterocycles. The molecule has 2 bridgehead atoms. The number of esters is 1. The lowest BCUT2D eigenvalue weighted by Gasteiger charge is -2.60. The number of rotatable bonds is 1. The summed E-state index contributed by atoms with van der Waals surface area (Å²) < 4.78 is 12.1. The first-order valence-electron chi connectivity index (χ1n) is 13.4. The summed E-state index contributed by atoms with van der Waals surface area (Å²) in [4.78, 5) is 25.9. The Balaban J connectivity index is 1.23. The number of hydrogen-bond acceptors (Lipinski definition) is 6. The van der Waals surface area contributed by atoms with Gasteiger partial charge in [0.2, 0.25) is 0 Å². The van der Waals surface area contributed by atoms with E-state index in [0.717, 1.165) is 38.5 Å². The van der Waals surface area contributed by atoms with Gasteiger partial charge in [-0.2, -0.15) is 0 Å². The molecule has 0 radical (unpaired) electrons. The van der Waals surface area contributed by atoms with Crippen molar-refractivity contribution in [2.75, 3.05) is 0 Å². The third-order valence-electron chi connectivity index (χ3n) is 12.8. The van der Waals surface area contributed by atoms with Gasteiger partial charge in [-0.25, -0.2) is 4.79 Å². The third kappa shape index (κ3) is 2.22. The Bertz CT molecular complexity index is 1020. The molecule has 13 unspecified atom stereocenters. The number of ether oxygens (including phenoxy) is 2. The molecule has 4 saturated carbocycles. The minimum Gasteiger partial charge on any atom is -0.460 e. The summed E-state index contributed by atoms with van der Waals surface area (Å²) in [7, 11) is 0. The van der Waals surface area contributed by atoms with Crippen molar-refractivity contribution >= 4 is 11.8 Å². The van der Waals surface area contributed by atoms with E-state index < -0.39 is 28.0 Å². The van der Waals surface area contributed by atoms with Gasteiger partial charge < -0.3 is 19.7 Å². The number of aliphatic hydroxyl groups is 2. The SMILES string of the molecule is CC12CCC3C(C4OC4C4(O)CC=CC(=O)C34C)C1CCC2C1CC2(C)CC1OC(=O)C2(C)O. The van der Waals surface area contributed by atoms with Gasteiger partial charge in [-0.1, -0.05) is 19.9 Å². The summed E-state index contributed by atoms with van der Waals surface area (Å²) >= 11 is 0. The van der Waals surface area contributed by atoms with E-state index in [2.05, 4.69) is 13.8 Å². The molecule has 7 aliphatic rings. The molecule has 2 saturated heterocycles. The van der Waals surface area contributed by atoms with Gasteiger partial charge in [0.1, 0.15) is 17.8 Å². The Morgan fingerprint density at radius 1 is 0.971 bits per heavy atom. The van der Waals surface area contributed by atoms with Gasteiger partial charge in [0.25, 0.3) is 0 Å². The first-order chi connectivity index (χ1) is 15.9. The van der Waals surface area contributed by atoms with Crippen molar-refractivity contribution in [2.45, 2.75) is 102 Å². The maximum absolute atomic E-state index is 13.3. The quantitative estimate of drug-likeness (QED) is 0.451. The highest BCUT2D eigenvalue weighted by atomic mass is 16.6. The molecular weight excluding hydrogens is 432 g/mol. The van der Waals surface area contributed by atoms with Crippen molar-refractivity contribution in [1.29, 1.82) is 0 Å². The molecule has 6 heteroatoms. The first kappa shape index (κ1) is 22.0. The van der Waals surface area contributed by atoms with E-state index in [4.69, 9.17) is 9.47 Å². The second-order valence-corrected chi connectivity index (χ2v) is 13.8. The summed E-state index contributed by atoms with van der Waals surface area (Å²) in [5.74, 6) is 1.16. The molecule has 34 heavy (non-hydrogen) atoms. The van der Waals surface area contributed by atoms with Crippen LogP contribution in [-0.2, 0) is 19.1 Å². The second-order valence-electron chi connectivity index (χ2n) is 13.8. The van der Waals surface area contributed by atoms with Crippen LogP contribution in [-0.4, -0.2) is 51.5 Å². The van der Waals surface area contributed by atoms with Crippen LogP contribution in [0.3, 0.4) is 0 Å². The first-order valence-corrected chi connectivity index (χ1v) is 13.4. The average molecular weight is 471 g/mol. The lowest BCUT2D eigenvalue weighted by Crippen LogP contribution is -2.67. The number of carbonyl (C=O) groups is 2. The summed E-state index contributed by atoms with van der Waals surface area (Å²) in [6.07, 6.45) is 9.40. The lowest BCUT2D eigenvalue weighted by molar-refractivity contribution is -0.195. The summed E-state index contributed by atoms with van der Waals surface area (Å²) in [5.41, 5.74) is -3.65. The fourth-order valence-corrected chi connectivity index (χ4v) is 10.5. The van der Waals surface area contributed by atoms with E-state index in [1.807, 2.05) is 13.0 Å². The zero-order valence-electron chi connectivity index (χ0n) is 20.8. The van der Waals surface area contributed by atoms with Gasteiger partial charge in [-0.3, -0.25) is 4.79 Å². The zero-order valence-corrected chi connectivity index (χ0v) is 20.8.